The summed E-state index contributed by atoms with van der Waals surface area (Å²) in [6, 6.07) is 50.8. The largest absolute Gasteiger partial charge is 0.310 e. The first kappa shape index (κ1) is 20.3. The zero-order valence-corrected chi connectivity index (χ0v) is 20.2. The fourth-order valence-corrected chi connectivity index (χ4v) is 6.15. The van der Waals surface area contributed by atoms with Gasteiger partial charge in [-0.2, -0.15) is 0 Å². The third kappa shape index (κ3) is 2.98. The maximum absolute atomic E-state index is 2.40. The molecule has 37 heavy (non-hydrogen) atoms. The Hall–Kier alpha value is -4.88. The molecule has 8 aromatic rings. The Morgan fingerprint density at radius 3 is 1.70 bits per heavy atom. The first-order valence-electron chi connectivity index (χ1n) is 12.8. The summed E-state index contributed by atoms with van der Waals surface area (Å²) in [6.07, 6.45) is 0. The lowest BCUT2D eigenvalue weighted by atomic mass is 9.89. The Morgan fingerprint density at radius 2 is 0.919 bits per heavy atom. The van der Waals surface area contributed by atoms with Crippen LogP contribution in [-0.4, -0.2) is 0 Å². The van der Waals surface area contributed by atoms with Gasteiger partial charge in [-0.1, -0.05) is 109 Å². The summed E-state index contributed by atoms with van der Waals surface area (Å²) >= 11 is 0. The SMILES string of the molecule is c1ccc(N(c2ccc3ccccc3c2)c2ccc3c4cccc5cccc(c6cccc2c63)c54)cc1. The van der Waals surface area contributed by atoms with E-state index in [9.17, 15) is 0 Å². The fraction of sp³-hybridized carbons (Fsp3) is 0. The van der Waals surface area contributed by atoms with Gasteiger partial charge in [-0.15, -0.1) is 0 Å². The first-order valence-corrected chi connectivity index (χ1v) is 12.8. The molecule has 0 aliphatic heterocycles. The number of fused-ring (bicyclic) bond motifs is 3. The molecule has 0 unspecified atom stereocenters. The summed E-state index contributed by atoms with van der Waals surface area (Å²) < 4.78 is 0. The van der Waals surface area contributed by atoms with E-state index < -0.39 is 0 Å². The molecule has 0 fully saturated rings. The first-order chi connectivity index (χ1) is 18.4. The Morgan fingerprint density at radius 1 is 0.324 bits per heavy atom. The molecule has 0 aliphatic carbocycles. The number of hydrogen-bond donors (Lipinski definition) is 0. The lowest BCUT2D eigenvalue weighted by molar-refractivity contribution is 1.31. The molecule has 0 N–H and O–H groups in total. The molecule has 0 heterocycles. The number of nitrogens with zero attached hydrogens (tertiary/aromatic N) is 1. The second-order valence-electron chi connectivity index (χ2n) is 9.77. The Bertz CT molecular complexity index is 2040. The van der Waals surface area contributed by atoms with Gasteiger partial charge in [-0.25, -0.2) is 0 Å². The van der Waals surface area contributed by atoms with E-state index >= 15 is 0 Å². The molecule has 0 spiro atoms. The molecule has 1 nitrogen and oxygen atoms in total. The van der Waals surface area contributed by atoms with Crippen LogP contribution in [0.25, 0.3) is 53.9 Å². The number of anilines is 3. The van der Waals surface area contributed by atoms with Gasteiger partial charge in [-0.3, -0.25) is 0 Å². The van der Waals surface area contributed by atoms with Crippen molar-refractivity contribution in [1.29, 1.82) is 0 Å². The van der Waals surface area contributed by atoms with Crippen LogP contribution in [0, 0.1) is 0 Å². The average Bonchev–Trinajstić information content (AvgIpc) is 2.97. The molecular weight excluding hydrogens is 446 g/mol. The Balaban J connectivity index is 1.49. The number of benzene rings is 8. The van der Waals surface area contributed by atoms with Crippen LogP contribution in [-0.2, 0) is 0 Å². The fourth-order valence-electron chi connectivity index (χ4n) is 6.15. The van der Waals surface area contributed by atoms with Crippen molar-refractivity contribution in [2.75, 3.05) is 4.90 Å². The zero-order chi connectivity index (χ0) is 24.3. The smallest absolute Gasteiger partial charge is 0.0540 e. The Labute approximate surface area is 215 Å². The van der Waals surface area contributed by atoms with Gasteiger partial charge < -0.3 is 4.90 Å². The van der Waals surface area contributed by atoms with Gasteiger partial charge in [0.15, 0.2) is 0 Å². The van der Waals surface area contributed by atoms with Crippen molar-refractivity contribution in [2.45, 2.75) is 0 Å². The van der Waals surface area contributed by atoms with Crippen molar-refractivity contribution in [2.24, 2.45) is 0 Å². The summed E-state index contributed by atoms with van der Waals surface area (Å²) in [4.78, 5) is 2.40. The van der Waals surface area contributed by atoms with Gasteiger partial charge in [0.2, 0.25) is 0 Å². The van der Waals surface area contributed by atoms with Crippen LogP contribution in [0.15, 0.2) is 140 Å². The zero-order valence-electron chi connectivity index (χ0n) is 20.2. The molecular formula is C36H23N. The topological polar surface area (TPSA) is 3.24 Å². The highest BCUT2D eigenvalue weighted by Gasteiger charge is 2.19. The lowest BCUT2D eigenvalue weighted by Crippen LogP contribution is -2.10. The summed E-state index contributed by atoms with van der Waals surface area (Å²) in [6.45, 7) is 0. The van der Waals surface area contributed by atoms with Crippen molar-refractivity contribution in [1.82, 2.24) is 0 Å². The van der Waals surface area contributed by atoms with Gasteiger partial charge in [0.25, 0.3) is 0 Å². The van der Waals surface area contributed by atoms with Gasteiger partial charge in [0, 0.05) is 16.8 Å². The van der Waals surface area contributed by atoms with Crippen molar-refractivity contribution >= 4 is 70.9 Å². The van der Waals surface area contributed by atoms with Crippen molar-refractivity contribution in [3.8, 4) is 0 Å². The molecule has 0 atom stereocenters. The molecule has 8 aromatic carbocycles. The molecule has 172 valence electrons. The maximum atomic E-state index is 2.40. The van der Waals surface area contributed by atoms with E-state index in [-0.39, 0.29) is 0 Å². The summed E-state index contributed by atoms with van der Waals surface area (Å²) in [5, 5.41) is 13.0. The van der Waals surface area contributed by atoms with Crippen molar-refractivity contribution in [3.63, 3.8) is 0 Å². The molecule has 0 bridgehead atoms. The van der Waals surface area contributed by atoms with E-state index in [1.807, 2.05) is 0 Å². The quantitative estimate of drug-likeness (QED) is 0.184. The predicted octanol–water partition coefficient (Wildman–Crippen LogP) is 10.4. The van der Waals surface area contributed by atoms with E-state index in [4.69, 9.17) is 0 Å². The summed E-state index contributed by atoms with van der Waals surface area (Å²) in [5.74, 6) is 0. The molecule has 0 saturated carbocycles. The van der Waals surface area contributed by atoms with Crippen molar-refractivity contribution < 1.29 is 0 Å². The standard InChI is InChI=1S/C36H23N/c1-2-13-27(14-3-1)37(28-20-19-24-9-4-5-10-26(24)23-28)34-22-21-32-30-16-7-12-25-11-6-15-29(35(25)30)31-17-8-18-33(34)36(31)32/h1-23H. The van der Waals surface area contributed by atoms with E-state index in [0.717, 1.165) is 11.4 Å². The van der Waals surface area contributed by atoms with Gasteiger partial charge in [-0.05, 0) is 78.8 Å². The van der Waals surface area contributed by atoms with Crippen LogP contribution in [0.4, 0.5) is 17.1 Å². The summed E-state index contributed by atoms with van der Waals surface area (Å²) in [5.41, 5.74) is 3.49. The molecule has 0 saturated heterocycles. The second kappa shape index (κ2) is 7.81. The number of para-hydroxylation sites is 1. The van der Waals surface area contributed by atoms with E-state index in [0.29, 0.717) is 0 Å². The third-order valence-corrected chi connectivity index (χ3v) is 7.75. The van der Waals surface area contributed by atoms with Crippen LogP contribution < -0.4 is 4.90 Å². The highest BCUT2D eigenvalue weighted by atomic mass is 15.1. The van der Waals surface area contributed by atoms with E-state index in [1.54, 1.807) is 0 Å². The second-order valence-corrected chi connectivity index (χ2v) is 9.77. The molecule has 8 rings (SSSR count). The van der Waals surface area contributed by atoms with Gasteiger partial charge in [0.1, 0.15) is 0 Å². The van der Waals surface area contributed by atoms with Crippen LogP contribution in [0.3, 0.4) is 0 Å². The highest BCUT2D eigenvalue weighted by molar-refractivity contribution is 6.34. The van der Waals surface area contributed by atoms with E-state index in [2.05, 4.69) is 144 Å². The molecule has 1 heteroatoms. The third-order valence-electron chi connectivity index (χ3n) is 7.75. The summed E-state index contributed by atoms with van der Waals surface area (Å²) in [7, 11) is 0. The van der Waals surface area contributed by atoms with Crippen LogP contribution in [0.5, 0.6) is 0 Å². The number of hydrogen-bond acceptors (Lipinski definition) is 1. The van der Waals surface area contributed by atoms with E-state index in [1.165, 1.54) is 59.5 Å². The van der Waals surface area contributed by atoms with Gasteiger partial charge in [0.05, 0.1) is 5.69 Å². The lowest BCUT2D eigenvalue weighted by Gasteiger charge is -2.28. The minimum atomic E-state index is 1.15. The molecule has 0 aromatic heterocycles. The maximum Gasteiger partial charge on any atom is 0.0540 e. The highest BCUT2D eigenvalue weighted by Crippen LogP contribution is 2.46. The Kier molecular flexibility index (Phi) is 4.29. The van der Waals surface area contributed by atoms with Crippen molar-refractivity contribution in [3.05, 3.63) is 140 Å². The molecule has 0 radical (unpaired) electrons. The minimum Gasteiger partial charge on any atom is -0.310 e. The van der Waals surface area contributed by atoms with Crippen LogP contribution >= 0.6 is 0 Å². The predicted molar refractivity (Wildman–Crippen MR) is 160 cm³/mol. The monoisotopic (exact) mass is 469 g/mol. The average molecular weight is 470 g/mol. The minimum absolute atomic E-state index is 1.15. The normalized spacial score (nSPS) is 11.8. The number of rotatable bonds is 3. The van der Waals surface area contributed by atoms with Crippen LogP contribution in [0.1, 0.15) is 0 Å². The van der Waals surface area contributed by atoms with Gasteiger partial charge >= 0.3 is 0 Å². The molecule has 0 aliphatic rings. The molecule has 0 amide bonds. The van der Waals surface area contributed by atoms with Crippen LogP contribution in [0.2, 0.25) is 0 Å².